The van der Waals surface area contributed by atoms with Crippen LogP contribution in [0.15, 0.2) is 11.6 Å². The van der Waals surface area contributed by atoms with Gasteiger partial charge in [-0.15, -0.1) is 0 Å². The molecule has 0 aromatic rings. The molecule has 0 spiro atoms. The van der Waals surface area contributed by atoms with Crippen LogP contribution in [-0.2, 0) is 28.7 Å². The fraction of sp³-hybridized carbons (Fsp3) is 0.806. The fourth-order valence-electron chi connectivity index (χ4n) is 9.35. The molecule has 4 fully saturated rings. The number of esters is 1. The van der Waals surface area contributed by atoms with E-state index in [9.17, 15) is 24.3 Å². The van der Waals surface area contributed by atoms with Gasteiger partial charge in [0.1, 0.15) is 6.10 Å². The zero-order valence-corrected chi connectivity index (χ0v) is 24.2. The number of hydrogen-bond donors (Lipinski definition) is 3. The Bertz CT molecular complexity index is 1070. The molecule has 5 rings (SSSR count). The Morgan fingerprint density at radius 3 is 2.52 bits per heavy atom. The molecule has 9 heteroatoms. The average molecular weight is 559 g/mol. The van der Waals surface area contributed by atoms with Gasteiger partial charge in [-0.1, -0.05) is 19.4 Å². The first kappa shape index (κ1) is 29.2. The highest BCUT2D eigenvalue weighted by atomic mass is 16.5. The number of fused-ring (bicyclic) bond motifs is 5. The van der Waals surface area contributed by atoms with E-state index >= 15 is 0 Å². The van der Waals surface area contributed by atoms with Gasteiger partial charge in [0.05, 0.1) is 30.6 Å². The molecule has 2 amide bonds. The number of rotatable bonds is 7. The van der Waals surface area contributed by atoms with Gasteiger partial charge in [0.25, 0.3) is 0 Å². The molecule has 0 saturated heterocycles. The largest absolute Gasteiger partial charge is 0.462 e. The number of amides is 2. The molecule has 0 radical (unpaired) electrons. The fourth-order valence-corrected chi connectivity index (χ4v) is 9.35. The SMILES string of the molecule is COC1CCC(NC(=O)CCC(=O)OC2CCC3C4CCC5=CC(=O)CCC5(C)C4CCC23C)C(O)C1C(N)=O. The number of nitrogens with one attached hydrogen (secondary N) is 1. The molecule has 9 nitrogen and oxygen atoms in total. The van der Waals surface area contributed by atoms with Gasteiger partial charge < -0.3 is 25.6 Å². The van der Waals surface area contributed by atoms with Crippen LogP contribution in [-0.4, -0.2) is 60.1 Å². The number of primary amides is 1. The number of ketones is 1. The number of methoxy groups -OCH3 is 1. The number of hydrogen-bond acceptors (Lipinski definition) is 7. The van der Waals surface area contributed by atoms with Crippen molar-refractivity contribution in [3.63, 3.8) is 0 Å². The van der Waals surface area contributed by atoms with Crippen molar-refractivity contribution in [2.24, 2.45) is 40.2 Å². The van der Waals surface area contributed by atoms with E-state index < -0.39 is 30.1 Å². The van der Waals surface area contributed by atoms with Crippen molar-refractivity contribution in [2.75, 3.05) is 7.11 Å². The number of aliphatic hydroxyl groups excluding tert-OH is 1. The van der Waals surface area contributed by atoms with E-state index in [0.29, 0.717) is 37.0 Å². The molecule has 5 aliphatic rings. The molecule has 4 N–H and O–H groups in total. The maximum absolute atomic E-state index is 12.9. The molecule has 40 heavy (non-hydrogen) atoms. The topological polar surface area (TPSA) is 145 Å². The zero-order chi connectivity index (χ0) is 28.8. The van der Waals surface area contributed by atoms with E-state index in [4.69, 9.17) is 15.2 Å². The number of allylic oxidation sites excluding steroid dienone is 1. The lowest BCUT2D eigenvalue weighted by atomic mass is 9.47. The van der Waals surface area contributed by atoms with E-state index in [-0.39, 0.29) is 47.4 Å². The van der Waals surface area contributed by atoms with E-state index in [2.05, 4.69) is 19.2 Å². The average Bonchev–Trinajstić information content (AvgIpc) is 3.24. The summed E-state index contributed by atoms with van der Waals surface area (Å²) in [4.78, 5) is 49.4. The Kier molecular flexibility index (Phi) is 8.18. The standard InChI is InChI=1S/C31H46N2O7/c1-30-14-12-18(34)16-17(30)4-5-19-20-6-9-24(31(20,2)15-13-21(19)30)40-26(36)11-10-25(35)33-22-7-8-23(39-3)27(28(22)37)29(32)38/h16,19-24,27-28,37H,4-15H2,1-3H3,(H2,32,38)(H,33,35). The summed E-state index contributed by atoms with van der Waals surface area (Å²) < 4.78 is 11.3. The number of nitrogens with two attached hydrogens (primary N) is 1. The Morgan fingerprint density at radius 1 is 1.02 bits per heavy atom. The van der Waals surface area contributed by atoms with Crippen LogP contribution in [0.3, 0.4) is 0 Å². The molecule has 5 aliphatic carbocycles. The van der Waals surface area contributed by atoms with Gasteiger partial charge in [0.2, 0.25) is 11.8 Å². The summed E-state index contributed by atoms with van der Waals surface area (Å²) in [6.07, 6.45) is 8.76. The number of carbonyl (C=O) groups is 4. The smallest absolute Gasteiger partial charge is 0.306 e. The number of carbonyl (C=O) groups excluding carboxylic acids is 4. The van der Waals surface area contributed by atoms with Crippen molar-refractivity contribution in [1.82, 2.24) is 5.32 Å². The normalized spacial score (nSPS) is 42.6. The Morgan fingerprint density at radius 2 is 1.80 bits per heavy atom. The van der Waals surface area contributed by atoms with Crippen LogP contribution >= 0.6 is 0 Å². The molecule has 0 bridgehead atoms. The second kappa shape index (κ2) is 11.2. The molecule has 0 aromatic carbocycles. The highest BCUT2D eigenvalue weighted by molar-refractivity contribution is 5.91. The van der Waals surface area contributed by atoms with Gasteiger partial charge in [-0.05, 0) is 87.0 Å². The maximum atomic E-state index is 12.9. The van der Waals surface area contributed by atoms with Crippen LogP contribution < -0.4 is 11.1 Å². The van der Waals surface area contributed by atoms with E-state index in [0.717, 1.165) is 44.9 Å². The molecular formula is C31H46N2O7. The van der Waals surface area contributed by atoms with E-state index in [1.807, 2.05) is 6.08 Å². The van der Waals surface area contributed by atoms with Crippen LogP contribution in [0, 0.1) is 34.5 Å². The van der Waals surface area contributed by atoms with E-state index in [1.54, 1.807) is 0 Å². The molecule has 0 heterocycles. The van der Waals surface area contributed by atoms with Crippen LogP contribution in [0.25, 0.3) is 0 Å². The second-order valence-electron chi connectivity index (χ2n) is 13.5. The van der Waals surface area contributed by atoms with Gasteiger partial charge in [-0.3, -0.25) is 19.2 Å². The second-order valence-corrected chi connectivity index (χ2v) is 13.5. The first-order chi connectivity index (χ1) is 19.0. The number of aliphatic hydroxyl groups is 1. The lowest BCUT2D eigenvalue weighted by Gasteiger charge is -2.57. The third kappa shape index (κ3) is 5.13. The molecule has 0 aliphatic heterocycles. The van der Waals surface area contributed by atoms with Gasteiger partial charge >= 0.3 is 5.97 Å². The zero-order valence-electron chi connectivity index (χ0n) is 24.2. The quantitative estimate of drug-likeness (QED) is 0.407. The predicted molar refractivity (Wildman–Crippen MR) is 146 cm³/mol. The molecule has 222 valence electrons. The van der Waals surface area contributed by atoms with Crippen LogP contribution in [0.5, 0.6) is 0 Å². The summed E-state index contributed by atoms with van der Waals surface area (Å²) in [7, 11) is 1.47. The molecule has 0 aromatic heterocycles. The van der Waals surface area contributed by atoms with Crippen molar-refractivity contribution in [2.45, 2.75) is 115 Å². The monoisotopic (exact) mass is 558 g/mol. The lowest BCUT2D eigenvalue weighted by molar-refractivity contribution is -0.160. The molecule has 10 unspecified atom stereocenters. The summed E-state index contributed by atoms with van der Waals surface area (Å²) in [5, 5.41) is 13.4. The summed E-state index contributed by atoms with van der Waals surface area (Å²) in [5.41, 5.74) is 6.88. The van der Waals surface area contributed by atoms with Crippen molar-refractivity contribution in [3.05, 3.63) is 11.6 Å². The summed E-state index contributed by atoms with van der Waals surface area (Å²) in [6, 6.07) is -0.618. The van der Waals surface area contributed by atoms with Crippen molar-refractivity contribution < 1.29 is 33.8 Å². The Labute approximate surface area is 237 Å². The molecular weight excluding hydrogens is 512 g/mol. The summed E-state index contributed by atoms with van der Waals surface area (Å²) in [6.45, 7) is 4.66. The Hall–Kier alpha value is -2.26. The molecule has 10 atom stereocenters. The van der Waals surface area contributed by atoms with Crippen LogP contribution in [0.1, 0.15) is 90.9 Å². The minimum atomic E-state index is -1.14. The number of ether oxygens (including phenoxy) is 2. The predicted octanol–water partition coefficient (Wildman–Crippen LogP) is 2.97. The Balaban J connectivity index is 1.14. The van der Waals surface area contributed by atoms with Gasteiger partial charge in [0.15, 0.2) is 5.78 Å². The van der Waals surface area contributed by atoms with Crippen molar-refractivity contribution >= 4 is 23.6 Å². The third-order valence-corrected chi connectivity index (χ3v) is 11.6. The minimum Gasteiger partial charge on any atom is -0.462 e. The van der Waals surface area contributed by atoms with Crippen molar-refractivity contribution in [1.29, 1.82) is 0 Å². The highest BCUT2D eigenvalue weighted by Gasteiger charge is 2.60. The van der Waals surface area contributed by atoms with Crippen LogP contribution in [0.4, 0.5) is 0 Å². The highest BCUT2D eigenvalue weighted by Crippen LogP contribution is 2.65. The summed E-state index contributed by atoms with van der Waals surface area (Å²) in [5.74, 6) is -0.325. The van der Waals surface area contributed by atoms with Gasteiger partial charge in [-0.25, -0.2) is 0 Å². The first-order valence-electron chi connectivity index (χ1n) is 15.2. The minimum absolute atomic E-state index is 0.0296. The van der Waals surface area contributed by atoms with Crippen LogP contribution in [0.2, 0.25) is 0 Å². The van der Waals surface area contributed by atoms with Gasteiger partial charge in [0, 0.05) is 25.4 Å². The first-order valence-corrected chi connectivity index (χ1v) is 15.2. The third-order valence-electron chi connectivity index (χ3n) is 11.6. The maximum Gasteiger partial charge on any atom is 0.306 e. The van der Waals surface area contributed by atoms with E-state index in [1.165, 1.54) is 12.7 Å². The lowest BCUT2D eigenvalue weighted by Crippen LogP contribution is -2.57. The van der Waals surface area contributed by atoms with Gasteiger partial charge in [-0.2, -0.15) is 0 Å². The molecule has 4 saturated carbocycles. The summed E-state index contributed by atoms with van der Waals surface area (Å²) >= 11 is 0. The van der Waals surface area contributed by atoms with Crippen molar-refractivity contribution in [3.8, 4) is 0 Å².